The van der Waals surface area contributed by atoms with E-state index in [0.717, 1.165) is 29.1 Å². The zero-order valence-electron chi connectivity index (χ0n) is 14.6. The molecular formula is C20H19BrN4O2. The van der Waals surface area contributed by atoms with Crippen LogP contribution < -0.4 is 10.3 Å². The van der Waals surface area contributed by atoms with Crippen LogP contribution in [0.4, 0.5) is 5.88 Å². The van der Waals surface area contributed by atoms with Crippen molar-refractivity contribution in [2.24, 2.45) is 5.10 Å². The highest BCUT2D eigenvalue weighted by atomic mass is 79.9. The fourth-order valence-corrected chi connectivity index (χ4v) is 3.73. The third-order valence-electron chi connectivity index (χ3n) is 4.47. The van der Waals surface area contributed by atoms with Crippen LogP contribution in [0.25, 0.3) is 5.69 Å². The first kappa shape index (κ1) is 17.6. The smallest absolute Gasteiger partial charge is 0.273 e. The Morgan fingerprint density at radius 3 is 2.67 bits per heavy atom. The maximum absolute atomic E-state index is 12.5. The van der Waals surface area contributed by atoms with Gasteiger partial charge in [-0.15, -0.1) is 0 Å². The van der Waals surface area contributed by atoms with Gasteiger partial charge in [-0.2, -0.15) is 5.10 Å². The molecule has 138 valence electrons. The molecule has 0 radical (unpaired) electrons. The highest BCUT2D eigenvalue weighted by molar-refractivity contribution is 9.10. The van der Waals surface area contributed by atoms with Crippen molar-refractivity contribution >= 4 is 33.9 Å². The number of hydrogen-bond donors (Lipinski definition) is 1. The van der Waals surface area contributed by atoms with Crippen molar-refractivity contribution in [2.75, 3.05) is 18.0 Å². The number of benzene rings is 1. The second-order valence-electron chi connectivity index (χ2n) is 6.30. The van der Waals surface area contributed by atoms with Gasteiger partial charge in [0.1, 0.15) is 0 Å². The third-order valence-corrected chi connectivity index (χ3v) is 5.04. The van der Waals surface area contributed by atoms with Crippen molar-refractivity contribution in [3.8, 4) is 5.69 Å². The van der Waals surface area contributed by atoms with Crippen LogP contribution in [0.1, 0.15) is 29.0 Å². The Bertz CT molecular complexity index is 956. The largest absolute Gasteiger partial charge is 0.438 e. The molecule has 3 heterocycles. The molecule has 1 aromatic carbocycles. The van der Waals surface area contributed by atoms with Crippen molar-refractivity contribution in [3.63, 3.8) is 0 Å². The Labute approximate surface area is 165 Å². The fourth-order valence-electron chi connectivity index (χ4n) is 3.18. The summed E-state index contributed by atoms with van der Waals surface area (Å²) in [6, 6.07) is 13.1. The standard InChI is InChI=1S/C20H19BrN4O2/c21-17-13-15(27-20(17)25-11-5-6-12-25)14-22-23-19(26)16-7-1-2-8-18(16)24-9-3-4-10-24/h1-4,7-10,13-14H,5-6,11-12H2,(H,23,26)/b22-14-. The Hall–Kier alpha value is -2.80. The van der Waals surface area contributed by atoms with E-state index in [4.69, 9.17) is 4.42 Å². The first-order valence-corrected chi connectivity index (χ1v) is 9.62. The van der Waals surface area contributed by atoms with E-state index in [2.05, 4.69) is 31.4 Å². The van der Waals surface area contributed by atoms with Gasteiger partial charge in [0.2, 0.25) is 5.88 Å². The van der Waals surface area contributed by atoms with Crippen LogP contribution in [0.3, 0.4) is 0 Å². The lowest BCUT2D eigenvalue weighted by Crippen LogP contribution is -2.19. The molecule has 0 aliphatic carbocycles. The van der Waals surface area contributed by atoms with Crippen molar-refractivity contribution in [1.82, 2.24) is 9.99 Å². The average molecular weight is 427 g/mol. The van der Waals surface area contributed by atoms with E-state index < -0.39 is 0 Å². The van der Waals surface area contributed by atoms with Gasteiger partial charge in [-0.3, -0.25) is 4.79 Å². The lowest BCUT2D eigenvalue weighted by molar-refractivity contribution is 0.0955. The van der Waals surface area contributed by atoms with Crippen LogP contribution >= 0.6 is 15.9 Å². The number of hydrazone groups is 1. The number of amides is 1. The molecule has 0 unspecified atom stereocenters. The molecular weight excluding hydrogens is 408 g/mol. The lowest BCUT2D eigenvalue weighted by Gasteiger charge is -2.13. The van der Waals surface area contributed by atoms with E-state index in [9.17, 15) is 4.79 Å². The van der Waals surface area contributed by atoms with Gasteiger partial charge in [-0.25, -0.2) is 5.43 Å². The van der Waals surface area contributed by atoms with E-state index in [0.29, 0.717) is 11.3 Å². The summed E-state index contributed by atoms with van der Waals surface area (Å²) >= 11 is 3.53. The second-order valence-corrected chi connectivity index (χ2v) is 7.16. The highest BCUT2D eigenvalue weighted by Gasteiger charge is 2.19. The van der Waals surface area contributed by atoms with Crippen LogP contribution in [0.15, 0.2) is 68.8 Å². The molecule has 0 atom stereocenters. The minimum atomic E-state index is -0.277. The van der Waals surface area contributed by atoms with Crippen LogP contribution in [0.5, 0.6) is 0 Å². The number of hydrogen-bond acceptors (Lipinski definition) is 4. The maximum Gasteiger partial charge on any atom is 0.273 e. The predicted molar refractivity (Wildman–Crippen MR) is 109 cm³/mol. The predicted octanol–water partition coefficient (Wildman–Crippen LogP) is 4.20. The molecule has 1 amide bonds. The van der Waals surface area contributed by atoms with Crippen molar-refractivity contribution in [3.05, 3.63) is 70.7 Å². The fraction of sp³-hybridized carbons (Fsp3) is 0.200. The second kappa shape index (κ2) is 7.84. The summed E-state index contributed by atoms with van der Waals surface area (Å²) in [5, 5.41) is 4.05. The van der Waals surface area contributed by atoms with Gasteiger partial charge >= 0.3 is 0 Å². The molecule has 1 fully saturated rings. The summed E-state index contributed by atoms with van der Waals surface area (Å²) in [5.74, 6) is 1.13. The Morgan fingerprint density at radius 2 is 1.89 bits per heavy atom. The number of nitrogens with one attached hydrogen (secondary N) is 1. The minimum absolute atomic E-state index is 0.277. The maximum atomic E-state index is 12.5. The minimum Gasteiger partial charge on any atom is -0.438 e. The van der Waals surface area contributed by atoms with Crippen LogP contribution in [0, 0.1) is 0 Å². The first-order valence-electron chi connectivity index (χ1n) is 8.82. The third kappa shape index (κ3) is 3.83. The van der Waals surface area contributed by atoms with E-state index in [-0.39, 0.29) is 5.91 Å². The van der Waals surface area contributed by atoms with Crippen molar-refractivity contribution in [2.45, 2.75) is 12.8 Å². The number of halogens is 1. The molecule has 0 spiro atoms. The van der Waals surface area contributed by atoms with Crippen LogP contribution in [-0.4, -0.2) is 29.8 Å². The quantitative estimate of drug-likeness (QED) is 0.491. The van der Waals surface area contributed by atoms with E-state index in [1.54, 1.807) is 6.07 Å². The Kier molecular flexibility index (Phi) is 5.11. The average Bonchev–Trinajstić information content (AvgIpc) is 3.43. The molecule has 2 aromatic heterocycles. The number of furan rings is 1. The van der Waals surface area contributed by atoms with Crippen molar-refractivity contribution in [1.29, 1.82) is 0 Å². The number of carbonyl (C=O) groups is 1. The molecule has 6 nitrogen and oxygen atoms in total. The van der Waals surface area contributed by atoms with E-state index >= 15 is 0 Å². The van der Waals surface area contributed by atoms with E-state index in [1.165, 1.54) is 19.1 Å². The number of rotatable bonds is 5. The van der Waals surface area contributed by atoms with Crippen LogP contribution in [-0.2, 0) is 0 Å². The molecule has 1 N–H and O–H groups in total. The summed E-state index contributed by atoms with van der Waals surface area (Å²) < 4.78 is 8.63. The lowest BCUT2D eigenvalue weighted by atomic mass is 10.1. The molecule has 27 heavy (non-hydrogen) atoms. The summed E-state index contributed by atoms with van der Waals surface area (Å²) in [6.45, 7) is 1.99. The number of carbonyl (C=O) groups excluding carboxylic acids is 1. The van der Waals surface area contributed by atoms with Gasteiger partial charge in [0.15, 0.2) is 5.76 Å². The topological polar surface area (TPSA) is 62.8 Å². The summed E-state index contributed by atoms with van der Waals surface area (Å²) in [5.41, 5.74) is 3.92. The summed E-state index contributed by atoms with van der Waals surface area (Å²) in [7, 11) is 0. The summed E-state index contributed by atoms with van der Waals surface area (Å²) in [4.78, 5) is 14.7. The molecule has 7 heteroatoms. The Balaban J connectivity index is 1.46. The van der Waals surface area contributed by atoms with Crippen LogP contribution in [0.2, 0.25) is 0 Å². The van der Waals surface area contributed by atoms with Gasteiger partial charge in [-0.1, -0.05) is 12.1 Å². The monoisotopic (exact) mass is 426 g/mol. The molecule has 0 saturated carbocycles. The molecule has 3 aromatic rings. The highest BCUT2D eigenvalue weighted by Crippen LogP contribution is 2.31. The van der Waals surface area contributed by atoms with Gasteiger partial charge in [0.25, 0.3) is 5.91 Å². The van der Waals surface area contributed by atoms with Gasteiger partial charge in [0, 0.05) is 31.5 Å². The molecule has 1 saturated heterocycles. The number of nitrogens with zero attached hydrogens (tertiary/aromatic N) is 3. The van der Waals surface area contributed by atoms with Crippen molar-refractivity contribution < 1.29 is 9.21 Å². The molecule has 1 aliphatic rings. The number of aromatic nitrogens is 1. The normalized spacial score (nSPS) is 14.2. The van der Waals surface area contributed by atoms with E-state index in [1.807, 2.05) is 53.4 Å². The zero-order valence-corrected chi connectivity index (χ0v) is 16.2. The first-order chi connectivity index (χ1) is 13.2. The van der Waals surface area contributed by atoms with Gasteiger partial charge < -0.3 is 13.9 Å². The number of anilines is 1. The zero-order chi connectivity index (χ0) is 18.6. The summed E-state index contributed by atoms with van der Waals surface area (Å²) in [6.07, 6.45) is 7.66. The SMILES string of the molecule is O=C(N/N=C\c1cc(Br)c(N2CCCC2)o1)c1ccccc1-n1cccc1. The molecule has 0 bridgehead atoms. The van der Waals surface area contributed by atoms with Gasteiger partial charge in [0.05, 0.1) is 21.9 Å². The molecule has 4 rings (SSSR count). The number of para-hydroxylation sites is 1. The van der Waals surface area contributed by atoms with Gasteiger partial charge in [-0.05, 0) is 53.0 Å². The molecule has 1 aliphatic heterocycles. The Morgan fingerprint density at radius 1 is 1.15 bits per heavy atom.